The predicted octanol–water partition coefficient (Wildman–Crippen LogP) is 2.82. The molecule has 2 aromatic rings. The molecule has 9 heteroatoms. The predicted molar refractivity (Wildman–Crippen MR) is 104 cm³/mol. The molecule has 1 unspecified atom stereocenters. The molecule has 0 saturated heterocycles. The van der Waals surface area contributed by atoms with Crippen LogP contribution in [0.15, 0.2) is 58.3 Å². The van der Waals surface area contributed by atoms with Gasteiger partial charge in [-0.2, -0.15) is 16.8 Å². The van der Waals surface area contributed by atoms with E-state index in [1.54, 1.807) is 31.2 Å². The van der Waals surface area contributed by atoms with Crippen LogP contribution in [0, 0.1) is 13.8 Å². The number of rotatable bonds is 10. The SMILES string of the molecule is CCOCC(COS(=O)(=O)c1ccc(C)cc1)OS(=O)(=O)c1ccc(C)cc1. The first-order valence-electron chi connectivity index (χ1n) is 8.68. The summed E-state index contributed by atoms with van der Waals surface area (Å²) in [4.78, 5) is -0.0457. The third kappa shape index (κ3) is 6.39. The average molecular weight is 429 g/mol. The van der Waals surface area contributed by atoms with Gasteiger partial charge in [-0.1, -0.05) is 35.4 Å². The van der Waals surface area contributed by atoms with Gasteiger partial charge in [0.2, 0.25) is 0 Å². The van der Waals surface area contributed by atoms with Crippen molar-refractivity contribution in [3.63, 3.8) is 0 Å². The van der Waals surface area contributed by atoms with E-state index in [-0.39, 0.29) is 16.4 Å². The molecule has 1 atom stereocenters. The van der Waals surface area contributed by atoms with Crippen molar-refractivity contribution in [1.29, 1.82) is 0 Å². The number of hydrogen-bond acceptors (Lipinski definition) is 7. The summed E-state index contributed by atoms with van der Waals surface area (Å²) in [7, 11) is -8.15. The monoisotopic (exact) mass is 428 g/mol. The van der Waals surface area contributed by atoms with E-state index in [0.29, 0.717) is 6.61 Å². The minimum atomic E-state index is -4.10. The maximum absolute atomic E-state index is 12.5. The summed E-state index contributed by atoms with van der Waals surface area (Å²) in [5, 5.41) is 0. The van der Waals surface area contributed by atoms with E-state index in [1.807, 2.05) is 13.8 Å². The lowest BCUT2D eigenvalue weighted by Crippen LogP contribution is -2.30. The zero-order valence-corrected chi connectivity index (χ0v) is 17.6. The molecule has 2 rings (SSSR count). The van der Waals surface area contributed by atoms with E-state index < -0.39 is 32.9 Å². The molecule has 0 saturated carbocycles. The largest absolute Gasteiger partial charge is 0.379 e. The summed E-state index contributed by atoms with van der Waals surface area (Å²) >= 11 is 0. The van der Waals surface area contributed by atoms with Crippen LogP contribution < -0.4 is 0 Å². The summed E-state index contributed by atoms with van der Waals surface area (Å²) in [6.45, 7) is 5.08. The van der Waals surface area contributed by atoms with Crippen LogP contribution in [-0.4, -0.2) is 42.8 Å². The van der Waals surface area contributed by atoms with Gasteiger partial charge in [0.15, 0.2) is 0 Å². The summed E-state index contributed by atoms with van der Waals surface area (Å²) < 4.78 is 65.0. The van der Waals surface area contributed by atoms with E-state index >= 15 is 0 Å². The number of aryl methyl sites for hydroxylation is 2. The third-order valence-electron chi connectivity index (χ3n) is 3.80. The third-order valence-corrected chi connectivity index (χ3v) is 6.47. The van der Waals surface area contributed by atoms with Crippen molar-refractivity contribution in [2.45, 2.75) is 36.7 Å². The Kier molecular flexibility index (Phi) is 7.73. The van der Waals surface area contributed by atoms with Gasteiger partial charge < -0.3 is 4.74 Å². The molecule has 28 heavy (non-hydrogen) atoms. The second kappa shape index (κ2) is 9.62. The maximum Gasteiger partial charge on any atom is 0.297 e. The minimum Gasteiger partial charge on any atom is -0.379 e. The molecule has 0 aliphatic carbocycles. The minimum absolute atomic E-state index is 0.0188. The van der Waals surface area contributed by atoms with Crippen molar-refractivity contribution in [2.24, 2.45) is 0 Å². The molecule has 0 fully saturated rings. The normalized spacial score (nSPS) is 13.4. The highest BCUT2D eigenvalue weighted by Crippen LogP contribution is 2.18. The van der Waals surface area contributed by atoms with Crippen molar-refractivity contribution in [3.05, 3.63) is 59.7 Å². The molecular weight excluding hydrogens is 404 g/mol. The molecule has 0 aromatic heterocycles. The molecule has 0 heterocycles. The fourth-order valence-corrected chi connectivity index (χ4v) is 4.22. The molecule has 0 amide bonds. The van der Waals surface area contributed by atoms with E-state index in [2.05, 4.69) is 0 Å². The first kappa shape index (κ1) is 22.5. The number of benzene rings is 2. The summed E-state index contributed by atoms with van der Waals surface area (Å²) in [5.41, 5.74) is 1.80. The topological polar surface area (TPSA) is 96.0 Å². The Morgan fingerprint density at radius 2 is 1.21 bits per heavy atom. The van der Waals surface area contributed by atoms with Gasteiger partial charge >= 0.3 is 0 Å². The van der Waals surface area contributed by atoms with Gasteiger partial charge in [0.25, 0.3) is 20.2 Å². The highest BCUT2D eigenvalue weighted by Gasteiger charge is 2.25. The fourth-order valence-electron chi connectivity index (χ4n) is 2.23. The van der Waals surface area contributed by atoms with Crippen LogP contribution in [0.25, 0.3) is 0 Å². The van der Waals surface area contributed by atoms with Crippen LogP contribution in [0.2, 0.25) is 0 Å². The van der Waals surface area contributed by atoms with E-state index in [4.69, 9.17) is 13.1 Å². The second-order valence-electron chi connectivity index (χ2n) is 6.20. The zero-order valence-electron chi connectivity index (χ0n) is 16.0. The lowest BCUT2D eigenvalue weighted by Gasteiger charge is -2.17. The van der Waals surface area contributed by atoms with Gasteiger partial charge in [0.1, 0.15) is 6.10 Å². The van der Waals surface area contributed by atoms with Crippen molar-refractivity contribution < 1.29 is 29.9 Å². The van der Waals surface area contributed by atoms with Gasteiger partial charge in [-0.25, -0.2) is 0 Å². The molecule has 2 aromatic carbocycles. The molecule has 0 aliphatic heterocycles. The van der Waals surface area contributed by atoms with Gasteiger partial charge in [0, 0.05) is 6.61 Å². The molecule has 0 N–H and O–H groups in total. The highest BCUT2D eigenvalue weighted by atomic mass is 32.2. The Balaban J connectivity index is 2.12. The van der Waals surface area contributed by atoms with Crippen LogP contribution in [-0.2, 0) is 33.3 Å². The number of hydrogen-bond donors (Lipinski definition) is 0. The first-order valence-corrected chi connectivity index (χ1v) is 11.5. The molecule has 0 bridgehead atoms. The van der Waals surface area contributed by atoms with Crippen LogP contribution >= 0.6 is 0 Å². The molecule has 0 spiro atoms. The van der Waals surface area contributed by atoms with E-state index in [0.717, 1.165) is 11.1 Å². The molecule has 7 nitrogen and oxygen atoms in total. The molecule has 154 valence electrons. The maximum atomic E-state index is 12.5. The van der Waals surface area contributed by atoms with Gasteiger partial charge in [-0.15, -0.1) is 0 Å². The Hall–Kier alpha value is -1.78. The zero-order chi connectivity index (χ0) is 20.8. The van der Waals surface area contributed by atoms with Crippen molar-refractivity contribution in [3.8, 4) is 0 Å². The van der Waals surface area contributed by atoms with Gasteiger partial charge in [0.05, 0.1) is 23.0 Å². The van der Waals surface area contributed by atoms with E-state index in [9.17, 15) is 16.8 Å². The highest BCUT2D eigenvalue weighted by molar-refractivity contribution is 7.87. The van der Waals surface area contributed by atoms with Crippen molar-refractivity contribution in [2.75, 3.05) is 19.8 Å². The van der Waals surface area contributed by atoms with E-state index in [1.165, 1.54) is 24.3 Å². The lowest BCUT2D eigenvalue weighted by molar-refractivity contribution is 0.0354. The van der Waals surface area contributed by atoms with Crippen LogP contribution in [0.3, 0.4) is 0 Å². The summed E-state index contributed by atoms with van der Waals surface area (Å²) in [5.74, 6) is 0. The van der Waals surface area contributed by atoms with Gasteiger partial charge in [-0.05, 0) is 45.0 Å². The van der Waals surface area contributed by atoms with Crippen LogP contribution in [0.1, 0.15) is 18.1 Å². The van der Waals surface area contributed by atoms with Crippen LogP contribution in [0.5, 0.6) is 0 Å². The summed E-state index contributed by atoms with van der Waals surface area (Å²) in [6, 6.07) is 12.3. The molecular formula is C19H24O7S2. The summed E-state index contributed by atoms with van der Waals surface area (Å²) in [6.07, 6.45) is -1.12. The number of ether oxygens (including phenoxy) is 1. The smallest absolute Gasteiger partial charge is 0.297 e. The van der Waals surface area contributed by atoms with Crippen LogP contribution in [0.4, 0.5) is 0 Å². The standard InChI is InChI=1S/C19H24O7S2/c1-4-24-13-17(26-28(22,23)19-11-7-16(3)8-12-19)14-25-27(20,21)18-9-5-15(2)6-10-18/h5-12,17H,4,13-14H2,1-3H3. The van der Waals surface area contributed by atoms with Crippen molar-refractivity contribution in [1.82, 2.24) is 0 Å². The van der Waals surface area contributed by atoms with Gasteiger partial charge in [-0.3, -0.25) is 8.37 Å². The van der Waals surface area contributed by atoms with Crippen molar-refractivity contribution >= 4 is 20.2 Å². The average Bonchev–Trinajstić information content (AvgIpc) is 2.64. The fraction of sp³-hybridized carbons (Fsp3) is 0.368. The Morgan fingerprint density at radius 3 is 1.68 bits per heavy atom. The lowest BCUT2D eigenvalue weighted by atomic mass is 10.2. The first-order chi connectivity index (χ1) is 13.1. The Labute approximate surface area is 166 Å². The quantitative estimate of drug-likeness (QED) is 0.537. The second-order valence-corrected chi connectivity index (χ2v) is 9.38. The Bertz CT molecular complexity index is 964. The Morgan fingerprint density at radius 1 is 0.750 bits per heavy atom. The molecule has 0 radical (unpaired) electrons. The molecule has 0 aliphatic rings.